The summed E-state index contributed by atoms with van der Waals surface area (Å²) in [6.45, 7) is 3.74. The van der Waals surface area contributed by atoms with Crippen molar-refractivity contribution in [2.45, 2.75) is 20.3 Å². The van der Waals surface area contributed by atoms with Crippen LogP contribution >= 0.6 is 0 Å². The van der Waals surface area contributed by atoms with E-state index in [1.54, 1.807) is 6.20 Å². The summed E-state index contributed by atoms with van der Waals surface area (Å²) in [7, 11) is 0. The smallest absolute Gasteiger partial charge is 0.364 e. The molecule has 31 heavy (non-hydrogen) atoms. The van der Waals surface area contributed by atoms with Crippen LogP contribution in [-0.2, 0) is 6.42 Å². The zero-order valence-corrected chi connectivity index (χ0v) is 16.7. The topological polar surface area (TPSA) is 117 Å². The van der Waals surface area contributed by atoms with E-state index in [0.717, 1.165) is 16.5 Å². The van der Waals surface area contributed by atoms with Crippen LogP contribution in [0.1, 0.15) is 28.5 Å². The highest BCUT2D eigenvalue weighted by Crippen LogP contribution is 2.28. The largest absolute Gasteiger partial charge is 0.423 e. The van der Waals surface area contributed by atoms with Crippen molar-refractivity contribution in [2.24, 2.45) is 0 Å². The van der Waals surface area contributed by atoms with Crippen LogP contribution in [0.5, 0.6) is 5.75 Å². The Bertz CT molecular complexity index is 1370. The number of aryl methyl sites for hydroxylation is 2. The molecule has 0 aliphatic carbocycles. The van der Waals surface area contributed by atoms with Gasteiger partial charge in [-0.25, -0.2) is 14.3 Å². The minimum Gasteiger partial charge on any atom is -0.423 e. The van der Waals surface area contributed by atoms with E-state index < -0.39 is 16.5 Å². The summed E-state index contributed by atoms with van der Waals surface area (Å²) in [5, 5.41) is 15.8. The van der Waals surface area contributed by atoms with Crippen molar-refractivity contribution < 1.29 is 18.9 Å². The molecule has 0 fully saturated rings. The van der Waals surface area contributed by atoms with Crippen LogP contribution in [0.25, 0.3) is 16.7 Å². The summed E-state index contributed by atoms with van der Waals surface area (Å²) in [6.07, 6.45) is 2.16. The maximum Gasteiger partial charge on any atom is 0.364 e. The standard InChI is InChI=1S/C22H17N3O6/c1-3-14-11-17-13(2)10-21(26)30-20(17)12-19(14)31-22(27)18-8-9-24(23-18)15-4-6-16(7-5-15)25(28)29/h4-12H,3H2,1-2H3. The molecule has 0 aliphatic heterocycles. The molecule has 0 radical (unpaired) electrons. The Labute approximate surface area is 175 Å². The lowest BCUT2D eigenvalue weighted by Crippen LogP contribution is -2.11. The summed E-state index contributed by atoms with van der Waals surface area (Å²) in [6, 6.07) is 12.0. The highest BCUT2D eigenvalue weighted by atomic mass is 16.6. The molecule has 0 atom stereocenters. The molecule has 9 heteroatoms. The van der Waals surface area contributed by atoms with Crippen molar-refractivity contribution in [3.8, 4) is 11.4 Å². The van der Waals surface area contributed by atoms with E-state index in [-0.39, 0.29) is 11.4 Å². The Morgan fingerprint density at radius 2 is 1.94 bits per heavy atom. The van der Waals surface area contributed by atoms with Crippen molar-refractivity contribution in [2.75, 3.05) is 0 Å². The molecule has 2 heterocycles. The minimum absolute atomic E-state index is 0.0409. The van der Waals surface area contributed by atoms with Gasteiger partial charge in [0.25, 0.3) is 5.69 Å². The predicted octanol–water partition coefficient (Wildman–Crippen LogP) is 3.98. The van der Waals surface area contributed by atoms with Gasteiger partial charge in [-0.05, 0) is 48.7 Å². The van der Waals surface area contributed by atoms with Crippen LogP contribution < -0.4 is 10.4 Å². The first-order chi connectivity index (χ1) is 14.9. The first-order valence-corrected chi connectivity index (χ1v) is 9.45. The van der Waals surface area contributed by atoms with Gasteiger partial charge in [0.2, 0.25) is 0 Å². The van der Waals surface area contributed by atoms with E-state index in [9.17, 15) is 19.7 Å². The minimum atomic E-state index is -0.676. The third-order valence-corrected chi connectivity index (χ3v) is 4.84. The third-order valence-electron chi connectivity index (χ3n) is 4.84. The fourth-order valence-electron chi connectivity index (χ4n) is 3.22. The zero-order chi connectivity index (χ0) is 22.1. The van der Waals surface area contributed by atoms with Gasteiger partial charge in [0.15, 0.2) is 5.69 Å². The van der Waals surface area contributed by atoms with Crippen LogP contribution in [0.2, 0.25) is 0 Å². The molecular formula is C22H17N3O6. The lowest BCUT2D eigenvalue weighted by molar-refractivity contribution is -0.384. The van der Waals surface area contributed by atoms with Crippen LogP contribution in [0.4, 0.5) is 5.69 Å². The molecule has 0 aliphatic rings. The quantitative estimate of drug-likeness (QED) is 0.158. The number of benzene rings is 2. The normalized spacial score (nSPS) is 10.9. The predicted molar refractivity (Wildman–Crippen MR) is 112 cm³/mol. The molecule has 4 rings (SSSR count). The molecule has 0 saturated carbocycles. The zero-order valence-electron chi connectivity index (χ0n) is 16.7. The number of ether oxygens (including phenoxy) is 1. The number of hydrogen-bond donors (Lipinski definition) is 0. The molecule has 0 saturated heterocycles. The Kier molecular flexibility index (Phi) is 5.08. The Morgan fingerprint density at radius 3 is 2.61 bits per heavy atom. The molecule has 0 bridgehead atoms. The van der Waals surface area contributed by atoms with Gasteiger partial charge in [0, 0.05) is 35.8 Å². The number of fused-ring (bicyclic) bond motifs is 1. The van der Waals surface area contributed by atoms with E-state index in [0.29, 0.717) is 23.4 Å². The summed E-state index contributed by atoms with van der Waals surface area (Å²) in [5.74, 6) is -0.386. The average molecular weight is 419 g/mol. The summed E-state index contributed by atoms with van der Waals surface area (Å²) in [4.78, 5) is 34.6. The van der Waals surface area contributed by atoms with E-state index in [1.165, 1.54) is 47.1 Å². The van der Waals surface area contributed by atoms with Crippen molar-refractivity contribution in [1.82, 2.24) is 9.78 Å². The van der Waals surface area contributed by atoms with Gasteiger partial charge < -0.3 is 9.15 Å². The molecule has 9 nitrogen and oxygen atoms in total. The van der Waals surface area contributed by atoms with Crippen LogP contribution in [0.15, 0.2) is 63.9 Å². The number of rotatable bonds is 5. The van der Waals surface area contributed by atoms with Crippen molar-refractivity contribution in [1.29, 1.82) is 0 Å². The Balaban J connectivity index is 1.62. The number of esters is 1. The van der Waals surface area contributed by atoms with E-state index in [2.05, 4.69) is 5.10 Å². The van der Waals surface area contributed by atoms with E-state index in [1.807, 2.05) is 19.9 Å². The number of nitro benzene ring substituents is 1. The lowest BCUT2D eigenvalue weighted by Gasteiger charge is -2.10. The second-order valence-electron chi connectivity index (χ2n) is 6.87. The third kappa shape index (κ3) is 3.93. The number of nitro groups is 1. The van der Waals surface area contributed by atoms with Gasteiger partial charge in [0.1, 0.15) is 11.3 Å². The Hall–Kier alpha value is -4.27. The molecule has 0 N–H and O–H groups in total. The van der Waals surface area contributed by atoms with E-state index >= 15 is 0 Å². The van der Waals surface area contributed by atoms with Crippen molar-refractivity contribution >= 4 is 22.6 Å². The molecule has 2 aromatic heterocycles. The fraction of sp³-hybridized carbons (Fsp3) is 0.136. The molecule has 0 unspecified atom stereocenters. The number of carbonyl (C=O) groups excluding carboxylic acids is 1. The van der Waals surface area contributed by atoms with Crippen molar-refractivity contribution in [3.63, 3.8) is 0 Å². The fourth-order valence-corrected chi connectivity index (χ4v) is 3.22. The number of nitrogens with zero attached hydrogens (tertiary/aromatic N) is 3. The van der Waals surface area contributed by atoms with Gasteiger partial charge >= 0.3 is 11.6 Å². The number of aromatic nitrogens is 2. The lowest BCUT2D eigenvalue weighted by atomic mass is 10.1. The Morgan fingerprint density at radius 1 is 1.19 bits per heavy atom. The highest BCUT2D eigenvalue weighted by Gasteiger charge is 2.17. The summed E-state index contributed by atoms with van der Waals surface area (Å²) < 4.78 is 12.2. The summed E-state index contributed by atoms with van der Waals surface area (Å²) in [5.41, 5.74) is 2.00. The average Bonchev–Trinajstić information content (AvgIpc) is 3.24. The van der Waals surface area contributed by atoms with Gasteiger partial charge in [-0.3, -0.25) is 10.1 Å². The highest BCUT2D eigenvalue weighted by molar-refractivity contribution is 5.90. The van der Waals surface area contributed by atoms with Gasteiger partial charge in [-0.15, -0.1) is 0 Å². The second-order valence-corrected chi connectivity index (χ2v) is 6.87. The van der Waals surface area contributed by atoms with Crippen LogP contribution in [0.3, 0.4) is 0 Å². The first-order valence-electron chi connectivity index (χ1n) is 9.45. The number of hydrogen-bond acceptors (Lipinski definition) is 7. The maximum absolute atomic E-state index is 12.7. The first kappa shape index (κ1) is 20.0. The van der Waals surface area contributed by atoms with E-state index in [4.69, 9.17) is 9.15 Å². The van der Waals surface area contributed by atoms with Gasteiger partial charge in [-0.1, -0.05) is 6.92 Å². The van der Waals surface area contributed by atoms with Crippen LogP contribution in [0, 0.1) is 17.0 Å². The molecule has 156 valence electrons. The van der Waals surface area contributed by atoms with Crippen LogP contribution in [-0.4, -0.2) is 20.7 Å². The van der Waals surface area contributed by atoms with Gasteiger partial charge in [0.05, 0.1) is 10.6 Å². The monoisotopic (exact) mass is 419 g/mol. The molecule has 0 amide bonds. The number of non-ortho nitro benzene ring substituents is 1. The second kappa shape index (κ2) is 7.86. The molecule has 4 aromatic rings. The van der Waals surface area contributed by atoms with Crippen molar-refractivity contribution in [3.05, 3.63) is 92.1 Å². The molecule has 2 aromatic carbocycles. The maximum atomic E-state index is 12.7. The number of carbonyl (C=O) groups is 1. The van der Waals surface area contributed by atoms with Gasteiger partial charge in [-0.2, -0.15) is 5.10 Å². The molecule has 0 spiro atoms. The SMILES string of the molecule is CCc1cc2c(C)cc(=O)oc2cc1OC(=O)c1ccn(-c2ccc([N+](=O)[O-])cc2)n1. The molecular weight excluding hydrogens is 402 g/mol. The summed E-state index contributed by atoms with van der Waals surface area (Å²) >= 11 is 0.